The van der Waals surface area contributed by atoms with Gasteiger partial charge in [-0.2, -0.15) is 4.31 Å². The third-order valence-corrected chi connectivity index (χ3v) is 5.30. The van der Waals surface area contributed by atoms with Crippen molar-refractivity contribution in [3.8, 4) is 0 Å². The molecule has 124 valence electrons. The Bertz CT molecular complexity index is 811. The molecule has 1 atom stereocenters. The molecule has 0 aliphatic rings. The molecular weight excluding hydrogens is 331 g/mol. The molecule has 2 aromatic carbocycles. The lowest BCUT2D eigenvalue weighted by atomic mass is 10.1. The molecule has 0 heterocycles. The zero-order chi connectivity index (χ0) is 17.2. The minimum absolute atomic E-state index is 0.190. The summed E-state index contributed by atoms with van der Waals surface area (Å²) in [5.74, 6) is -3.41. The molecule has 8 heteroatoms. The number of halogens is 3. The summed E-state index contributed by atoms with van der Waals surface area (Å²) in [6.07, 6.45) is 0. The average molecular weight is 345 g/mol. The first-order valence-electron chi connectivity index (χ1n) is 6.57. The summed E-state index contributed by atoms with van der Waals surface area (Å²) >= 11 is 0. The number of likely N-dealkylation sites (N-methyl/N-ethyl adjacent to an activating group) is 1. The Morgan fingerprint density at radius 3 is 2.39 bits per heavy atom. The van der Waals surface area contributed by atoms with Crippen molar-refractivity contribution < 1.29 is 26.7 Å². The summed E-state index contributed by atoms with van der Waals surface area (Å²) in [5, 5.41) is 9.48. The van der Waals surface area contributed by atoms with Gasteiger partial charge in [-0.3, -0.25) is 0 Å². The second-order valence-corrected chi connectivity index (χ2v) is 6.79. The Hall–Kier alpha value is -1.90. The van der Waals surface area contributed by atoms with Crippen LogP contribution in [-0.2, 0) is 10.0 Å². The molecule has 0 amide bonds. The van der Waals surface area contributed by atoms with Crippen molar-refractivity contribution in [2.45, 2.75) is 10.9 Å². The van der Waals surface area contributed by atoms with Gasteiger partial charge in [-0.25, -0.2) is 21.6 Å². The zero-order valence-electron chi connectivity index (χ0n) is 12.1. The molecule has 0 aromatic heterocycles. The highest BCUT2D eigenvalue weighted by molar-refractivity contribution is 7.89. The van der Waals surface area contributed by atoms with Crippen molar-refractivity contribution in [1.82, 2.24) is 4.31 Å². The molecule has 23 heavy (non-hydrogen) atoms. The number of sulfonamides is 1. The first-order chi connectivity index (χ1) is 10.8. The van der Waals surface area contributed by atoms with Gasteiger partial charge in [0, 0.05) is 7.05 Å². The fourth-order valence-electron chi connectivity index (χ4n) is 2.15. The van der Waals surface area contributed by atoms with E-state index in [9.17, 15) is 26.7 Å². The first-order valence-corrected chi connectivity index (χ1v) is 8.01. The van der Waals surface area contributed by atoms with E-state index in [1.54, 1.807) is 0 Å². The molecule has 0 radical (unpaired) electrons. The van der Waals surface area contributed by atoms with Gasteiger partial charge in [0.1, 0.15) is 10.7 Å². The van der Waals surface area contributed by atoms with Crippen molar-refractivity contribution in [2.75, 3.05) is 13.7 Å². The van der Waals surface area contributed by atoms with E-state index in [1.807, 2.05) is 0 Å². The fourth-order valence-corrected chi connectivity index (χ4v) is 3.56. The topological polar surface area (TPSA) is 57.6 Å². The Balaban J connectivity index is 2.48. The van der Waals surface area contributed by atoms with E-state index in [1.165, 1.54) is 18.2 Å². The Kier molecular flexibility index (Phi) is 5.08. The molecule has 0 aliphatic heterocycles. The van der Waals surface area contributed by atoms with Crippen LogP contribution >= 0.6 is 0 Å². The van der Waals surface area contributed by atoms with Crippen LogP contribution < -0.4 is 0 Å². The zero-order valence-corrected chi connectivity index (χ0v) is 12.9. The predicted octanol–water partition coefficient (Wildman–Crippen LogP) is 2.46. The maximum Gasteiger partial charge on any atom is 0.246 e. The number of aliphatic hydroxyl groups excluding tert-OH is 1. The SMILES string of the molecule is CN(C(CO)c1cccc(F)c1)S(=O)(=O)c1cccc(F)c1F. The molecule has 1 unspecified atom stereocenters. The summed E-state index contributed by atoms with van der Waals surface area (Å²) in [6.45, 7) is -0.657. The van der Waals surface area contributed by atoms with Crippen LogP contribution in [0.2, 0.25) is 0 Å². The monoisotopic (exact) mass is 345 g/mol. The average Bonchev–Trinajstić information content (AvgIpc) is 2.50. The molecule has 0 saturated carbocycles. The Morgan fingerprint density at radius 2 is 1.78 bits per heavy atom. The van der Waals surface area contributed by atoms with Crippen LogP contribution in [0, 0.1) is 17.5 Å². The number of benzene rings is 2. The van der Waals surface area contributed by atoms with Gasteiger partial charge in [0.15, 0.2) is 11.6 Å². The molecule has 4 nitrogen and oxygen atoms in total. The van der Waals surface area contributed by atoms with Crippen molar-refractivity contribution in [2.24, 2.45) is 0 Å². The molecule has 0 fully saturated rings. The second kappa shape index (κ2) is 6.69. The summed E-state index contributed by atoms with van der Waals surface area (Å²) in [4.78, 5) is -0.852. The van der Waals surface area contributed by atoms with E-state index in [4.69, 9.17) is 0 Å². The van der Waals surface area contributed by atoms with Gasteiger partial charge in [0.05, 0.1) is 12.6 Å². The molecular formula is C15H14F3NO3S. The van der Waals surface area contributed by atoms with Gasteiger partial charge in [-0.05, 0) is 29.8 Å². The highest BCUT2D eigenvalue weighted by Gasteiger charge is 2.32. The predicted molar refractivity (Wildman–Crippen MR) is 77.5 cm³/mol. The lowest BCUT2D eigenvalue weighted by Crippen LogP contribution is -2.34. The molecule has 0 saturated heterocycles. The van der Waals surface area contributed by atoms with Crippen molar-refractivity contribution in [3.63, 3.8) is 0 Å². The highest BCUT2D eigenvalue weighted by Crippen LogP contribution is 2.28. The first kappa shape index (κ1) is 17.5. The molecule has 2 rings (SSSR count). The maximum absolute atomic E-state index is 13.8. The van der Waals surface area contributed by atoms with Gasteiger partial charge in [-0.15, -0.1) is 0 Å². The van der Waals surface area contributed by atoms with Crippen LogP contribution in [0.4, 0.5) is 13.2 Å². The van der Waals surface area contributed by atoms with Gasteiger partial charge in [-0.1, -0.05) is 18.2 Å². The van der Waals surface area contributed by atoms with Crippen molar-refractivity contribution in [3.05, 3.63) is 65.5 Å². The Labute approximate surface area is 131 Å². The van der Waals surface area contributed by atoms with E-state index >= 15 is 0 Å². The molecule has 0 spiro atoms. The van der Waals surface area contributed by atoms with Crippen LogP contribution in [0.3, 0.4) is 0 Å². The van der Waals surface area contributed by atoms with E-state index in [-0.39, 0.29) is 5.56 Å². The fraction of sp³-hybridized carbons (Fsp3) is 0.200. The molecule has 1 N–H and O–H groups in total. The maximum atomic E-state index is 13.8. The number of nitrogens with zero attached hydrogens (tertiary/aromatic N) is 1. The summed E-state index contributed by atoms with van der Waals surface area (Å²) < 4.78 is 66.0. The number of aliphatic hydroxyl groups is 1. The van der Waals surface area contributed by atoms with E-state index in [2.05, 4.69) is 0 Å². The molecule has 0 aliphatic carbocycles. The lowest BCUT2D eigenvalue weighted by Gasteiger charge is -2.26. The van der Waals surface area contributed by atoms with Crippen LogP contribution in [0.5, 0.6) is 0 Å². The normalized spacial score (nSPS) is 13.3. The Morgan fingerprint density at radius 1 is 1.13 bits per heavy atom. The van der Waals surface area contributed by atoms with Crippen LogP contribution in [0.15, 0.2) is 47.4 Å². The minimum Gasteiger partial charge on any atom is -0.394 e. The van der Waals surface area contributed by atoms with Gasteiger partial charge < -0.3 is 5.11 Å². The summed E-state index contributed by atoms with van der Waals surface area (Å²) in [5.41, 5.74) is 0.190. The van der Waals surface area contributed by atoms with Crippen LogP contribution in [0.1, 0.15) is 11.6 Å². The third-order valence-electron chi connectivity index (χ3n) is 3.42. The van der Waals surface area contributed by atoms with E-state index in [0.29, 0.717) is 4.31 Å². The summed E-state index contributed by atoms with van der Waals surface area (Å²) in [7, 11) is -3.33. The van der Waals surface area contributed by atoms with Crippen molar-refractivity contribution in [1.29, 1.82) is 0 Å². The van der Waals surface area contributed by atoms with Gasteiger partial charge in [0.2, 0.25) is 10.0 Å². The third kappa shape index (κ3) is 3.39. The largest absolute Gasteiger partial charge is 0.394 e. The van der Waals surface area contributed by atoms with Crippen LogP contribution in [0.25, 0.3) is 0 Å². The number of hydrogen-bond acceptors (Lipinski definition) is 3. The summed E-state index contributed by atoms with van der Waals surface area (Å²) in [6, 6.07) is 6.66. The molecule has 0 bridgehead atoms. The van der Waals surface area contributed by atoms with E-state index < -0.39 is 45.0 Å². The lowest BCUT2D eigenvalue weighted by molar-refractivity contribution is 0.203. The van der Waals surface area contributed by atoms with E-state index in [0.717, 1.165) is 31.3 Å². The smallest absolute Gasteiger partial charge is 0.246 e. The van der Waals surface area contributed by atoms with Gasteiger partial charge >= 0.3 is 0 Å². The number of rotatable bonds is 5. The second-order valence-electron chi connectivity index (χ2n) is 4.83. The standard InChI is InChI=1S/C15H14F3NO3S/c1-19(13(9-20)10-4-2-5-11(16)8-10)23(21,22)14-7-3-6-12(17)15(14)18/h2-8,13,20H,9H2,1H3. The number of hydrogen-bond donors (Lipinski definition) is 1. The molecule has 2 aromatic rings. The van der Waals surface area contributed by atoms with Gasteiger partial charge in [0.25, 0.3) is 0 Å². The highest BCUT2D eigenvalue weighted by atomic mass is 32.2. The van der Waals surface area contributed by atoms with Crippen molar-refractivity contribution >= 4 is 10.0 Å². The quantitative estimate of drug-likeness (QED) is 0.906. The van der Waals surface area contributed by atoms with Crippen LogP contribution in [-0.4, -0.2) is 31.5 Å². The minimum atomic E-state index is -4.43.